The van der Waals surface area contributed by atoms with Gasteiger partial charge in [-0.25, -0.2) is 9.50 Å². The third-order valence-electron chi connectivity index (χ3n) is 3.28. The van der Waals surface area contributed by atoms with Crippen molar-refractivity contribution in [3.63, 3.8) is 0 Å². The smallest absolute Gasteiger partial charge is 0.347 e. The number of alkyl halides is 3. The largest absolute Gasteiger partial charge is 0.416 e. The summed E-state index contributed by atoms with van der Waals surface area (Å²) in [5.41, 5.74) is -0.369. The lowest BCUT2D eigenvalue weighted by Gasteiger charge is -2.12. The number of aromatic nitrogens is 3. The first-order chi connectivity index (χ1) is 11.3. The number of rotatable bonds is 3. The van der Waals surface area contributed by atoms with E-state index in [-0.39, 0.29) is 23.0 Å². The van der Waals surface area contributed by atoms with Gasteiger partial charge in [-0.3, -0.25) is 4.79 Å². The topological polar surface area (TPSA) is 59.3 Å². The van der Waals surface area contributed by atoms with Crippen molar-refractivity contribution in [3.8, 4) is 0 Å². The number of halogens is 4. The Morgan fingerprint density at radius 1 is 1.21 bits per heavy atom. The van der Waals surface area contributed by atoms with Crippen LogP contribution in [0.1, 0.15) is 21.6 Å². The molecule has 0 saturated heterocycles. The molecule has 0 unspecified atom stereocenters. The van der Waals surface area contributed by atoms with Crippen LogP contribution >= 0.6 is 11.6 Å². The number of carbonyl (C=O) groups is 1. The quantitative estimate of drug-likeness (QED) is 0.785. The third kappa shape index (κ3) is 3.33. The molecule has 1 amide bonds. The number of nitrogens with zero attached hydrogens (tertiary/aromatic N) is 3. The molecule has 0 aliphatic rings. The minimum atomic E-state index is -4.48. The number of hydrogen-bond acceptors (Lipinski definition) is 3. The van der Waals surface area contributed by atoms with Gasteiger partial charge in [0.2, 0.25) is 0 Å². The second-order valence-electron chi connectivity index (χ2n) is 4.92. The molecule has 124 valence electrons. The van der Waals surface area contributed by atoms with Crippen molar-refractivity contribution < 1.29 is 18.0 Å². The predicted molar refractivity (Wildman–Crippen MR) is 80.6 cm³/mol. The highest BCUT2D eigenvalue weighted by Crippen LogP contribution is 2.31. The highest BCUT2D eigenvalue weighted by molar-refractivity contribution is 6.29. The summed E-state index contributed by atoms with van der Waals surface area (Å²) in [5, 5.41) is 6.59. The van der Waals surface area contributed by atoms with E-state index in [2.05, 4.69) is 15.4 Å². The van der Waals surface area contributed by atoms with Crippen molar-refractivity contribution in [1.82, 2.24) is 19.9 Å². The van der Waals surface area contributed by atoms with Crippen molar-refractivity contribution in [1.29, 1.82) is 0 Å². The summed E-state index contributed by atoms with van der Waals surface area (Å²) in [6.07, 6.45) is -3.13. The second-order valence-corrected chi connectivity index (χ2v) is 5.31. The van der Waals surface area contributed by atoms with E-state index in [9.17, 15) is 18.0 Å². The minimum Gasteiger partial charge on any atom is -0.347 e. The minimum absolute atomic E-state index is 0.0247. The zero-order chi connectivity index (χ0) is 17.3. The van der Waals surface area contributed by atoms with Crippen molar-refractivity contribution >= 4 is 23.2 Å². The van der Waals surface area contributed by atoms with Crippen LogP contribution in [0.3, 0.4) is 0 Å². The maximum atomic E-state index is 12.9. The molecule has 0 spiro atoms. The fourth-order valence-corrected chi connectivity index (χ4v) is 2.33. The summed E-state index contributed by atoms with van der Waals surface area (Å²) in [7, 11) is 0. The lowest BCUT2D eigenvalue weighted by molar-refractivity contribution is -0.138. The van der Waals surface area contributed by atoms with Crippen LogP contribution in [0.2, 0.25) is 5.15 Å². The first-order valence-electron chi connectivity index (χ1n) is 6.80. The standard InChI is InChI=1S/C15H10ClF3N4O/c16-12-5-6-13-21-11(8-23(13)22-12)14(24)20-7-9-3-1-2-4-10(9)15(17,18)19/h1-6,8H,7H2,(H,20,24). The molecule has 0 bridgehead atoms. The SMILES string of the molecule is O=C(NCc1ccccc1C(F)(F)F)c1cn2nc(Cl)ccc2n1. The Labute approximate surface area is 139 Å². The van der Waals surface area contributed by atoms with Gasteiger partial charge in [0.15, 0.2) is 5.65 Å². The fourth-order valence-electron chi connectivity index (χ4n) is 2.19. The highest BCUT2D eigenvalue weighted by Gasteiger charge is 2.32. The molecule has 0 radical (unpaired) electrons. The van der Waals surface area contributed by atoms with Gasteiger partial charge < -0.3 is 5.32 Å². The predicted octanol–water partition coefficient (Wildman–Crippen LogP) is 3.33. The Hall–Kier alpha value is -2.61. The maximum Gasteiger partial charge on any atom is 0.416 e. The zero-order valence-corrected chi connectivity index (χ0v) is 12.8. The number of benzene rings is 1. The third-order valence-corrected chi connectivity index (χ3v) is 3.48. The summed E-state index contributed by atoms with van der Waals surface area (Å²) in [6, 6.07) is 8.15. The van der Waals surface area contributed by atoms with Crippen LogP contribution in [0, 0.1) is 0 Å². The summed E-state index contributed by atoms with van der Waals surface area (Å²) in [4.78, 5) is 16.1. The number of hydrogen-bond donors (Lipinski definition) is 1. The van der Waals surface area contributed by atoms with Crippen LogP contribution in [0.5, 0.6) is 0 Å². The molecule has 5 nitrogen and oxygen atoms in total. The van der Waals surface area contributed by atoms with E-state index >= 15 is 0 Å². The monoisotopic (exact) mass is 354 g/mol. The van der Waals surface area contributed by atoms with E-state index in [0.717, 1.165) is 6.07 Å². The molecule has 0 aliphatic heterocycles. The second kappa shape index (κ2) is 6.12. The van der Waals surface area contributed by atoms with Crippen LogP contribution in [0.25, 0.3) is 5.65 Å². The van der Waals surface area contributed by atoms with Crippen LogP contribution in [-0.2, 0) is 12.7 Å². The molecule has 0 atom stereocenters. The van der Waals surface area contributed by atoms with Crippen LogP contribution in [-0.4, -0.2) is 20.5 Å². The molecule has 2 heterocycles. The molecule has 1 N–H and O–H groups in total. The summed E-state index contributed by atoms with van der Waals surface area (Å²) in [5.74, 6) is -0.603. The molecule has 3 aromatic rings. The first-order valence-corrected chi connectivity index (χ1v) is 7.17. The van der Waals surface area contributed by atoms with Crippen molar-refractivity contribution in [2.45, 2.75) is 12.7 Å². The Bertz CT molecular complexity index is 907. The van der Waals surface area contributed by atoms with E-state index in [0.29, 0.717) is 5.65 Å². The molecular formula is C15H10ClF3N4O. The lowest BCUT2D eigenvalue weighted by Crippen LogP contribution is -2.24. The Morgan fingerprint density at radius 2 is 1.96 bits per heavy atom. The Balaban J connectivity index is 1.78. The number of imidazole rings is 1. The number of amides is 1. The van der Waals surface area contributed by atoms with Gasteiger partial charge in [0, 0.05) is 6.54 Å². The van der Waals surface area contributed by atoms with E-state index in [4.69, 9.17) is 11.6 Å². The van der Waals surface area contributed by atoms with Crippen LogP contribution in [0.4, 0.5) is 13.2 Å². The van der Waals surface area contributed by atoms with Crippen LogP contribution in [0.15, 0.2) is 42.6 Å². The summed E-state index contributed by atoms with van der Waals surface area (Å²) in [6.45, 7) is -0.267. The van der Waals surface area contributed by atoms with Gasteiger partial charge in [-0.05, 0) is 23.8 Å². The van der Waals surface area contributed by atoms with Gasteiger partial charge in [-0.2, -0.15) is 18.3 Å². The van der Waals surface area contributed by atoms with E-state index in [1.165, 1.54) is 35.0 Å². The van der Waals surface area contributed by atoms with E-state index < -0.39 is 17.6 Å². The first kappa shape index (κ1) is 16.3. The number of fused-ring (bicyclic) bond motifs is 1. The number of nitrogens with one attached hydrogen (secondary N) is 1. The average molecular weight is 355 g/mol. The van der Waals surface area contributed by atoms with Gasteiger partial charge >= 0.3 is 6.18 Å². The maximum absolute atomic E-state index is 12.9. The highest BCUT2D eigenvalue weighted by atomic mass is 35.5. The summed E-state index contributed by atoms with van der Waals surface area (Å²) >= 11 is 5.74. The molecule has 1 aromatic carbocycles. The normalized spacial score (nSPS) is 11.7. The zero-order valence-electron chi connectivity index (χ0n) is 12.0. The average Bonchev–Trinajstić information content (AvgIpc) is 2.95. The van der Waals surface area contributed by atoms with Gasteiger partial charge in [-0.1, -0.05) is 29.8 Å². The van der Waals surface area contributed by atoms with E-state index in [1.807, 2.05) is 0 Å². The fraction of sp³-hybridized carbons (Fsp3) is 0.133. The van der Waals surface area contributed by atoms with Gasteiger partial charge in [-0.15, -0.1) is 0 Å². The molecule has 3 rings (SSSR count). The number of carbonyl (C=O) groups excluding carboxylic acids is 1. The molecule has 2 aromatic heterocycles. The molecule has 9 heteroatoms. The molecule has 0 saturated carbocycles. The molecule has 24 heavy (non-hydrogen) atoms. The van der Waals surface area contributed by atoms with Crippen molar-refractivity contribution in [2.24, 2.45) is 0 Å². The lowest BCUT2D eigenvalue weighted by atomic mass is 10.1. The van der Waals surface area contributed by atoms with Crippen molar-refractivity contribution in [3.05, 3.63) is 64.6 Å². The Morgan fingerprint density at radius 3 is 2.71 bits per heavy atom. The van der Waals surface area contributed by atoms with E-state index in [1.54, 1.807) is 6.07 Å². The van der Waals surface area contributed by atoms with Gasteiger partial charge in [0.05, 0.1) is 11.8 Å². The van der Waals surface area contributed by atoms with Crippen LogP contribution < -0.4 is 5.32 Å². The van der Waals surface area contributed by atoms with Gasteiger partial charge in [0.25, 0.3) is 5.91 Å². The Kier molecular flexibility index (Phi) is 4.15. The molecule has 0 fully saturated rings. The molecule has 0 aliphatic carbocycles. The summed E-state index contributed by atoms with van der Waals surface area (Å²) < 4.78 is 40.1. The van der Waals surface area contributed by atoms with Gasteiger partial charge in [0.1, 0.15) is 10.8 Å². The molecular weight excluding hydrogens is 345 g/mol. The van der Waals surface area contributed by atoms with Crippen molar-refractivity contribution in [2.75, 3.05) is 0 Å².